The van der Waals surface area contributed by atoms with Crippen LogP contribution in [-0.2, 0) is 4.79 Å². The molecule has 1 atom stereocenters. The van der Waals surface area contributed by atoms with E-state index in [0.29, 0.717) is 0 Å². The van der Waals surface area contributed by atoms with Crippen molar-refractivity contribution in [2.45, 2.75) is 6.17 Å². The molecule has 0 saturated heterocycles. The van der Waals surface area contributed by atoms with Gasteiger partial charge in [-0.15, -0.1) is 0 Å². The van der Waals surface area contributed by atoms with Gasteiger partial charge in [-0.2, -0.15) is 0 Å². The van der Waals surface area contributed by atoms with Crippen molar-refractivity contribution in [1.82, 2.24) is 10.6 Å². The van der Waals surface area contributed by atoms with Gasteiger partial charge in [-0.3, -0.25) is 4.79 Å². The van der Waals surface area contributed by atoms with Crippen LogP contribution in [0.15, 0.2) is 35.7 Å². The van der Waals surface area contributed by atoms with Crippen molar-refractivity contribution in [3.05, 3.63) is 35.7 Å². The van der Waals surface area contributed by atoms with Gasteiger partial charge in [0.2, 0.25) is 0 Å². The van der Waals surface area contributed by atoms with Crippen molar-refractivity contribution in [3.8, 4) is 0 Å². The second kappa shape index (κ2) is 2.27. The number of nitrogens with one attached hydrogen (secondary N) is 2. The number of aldehydes is 1. The van der Waals surface area contributed by atoms with Crippen LogP contribution in [0.4, 0.5) is 0 Å². The van der Waals surface area contributed by atoms with Gasteiger partial charge in [0, 0.05) is 11.1 Å². The molecule has 0 aromatic carbocycles. The summed E-state index contributed by atoms with van der Waals surface area (Å²) in [5, 5.41) is 6.14. The summed E-state index contributed by atoms with van der Waals surface area (Å²) < 4.78 is 0. The lowest BCUT2D eigenvalue weighted by molar-refractivity contribution is -0.104. The maximum atomic E-state index is 10.5. The van der Waals surface area contributed by atoms with Gasteiger partial charge in [-0.05, 0) is 24.6 Å². The minimum atomic E-state index is 0.0974. The molecule has 56 valence electrons. The lowest BCUT2D eigenvalue weighted by Gasteiger charge is -2.18. The van der Waals surface area contributed by atoms with Crippen molar-refractivity contribution < 1.29 is 4.79 Å². The second-order valence-electron chi connectivity index (χ2n) is 2.46. The Kier molecular flexibility index (Phi) is 1.28. The maximum absolute atomic E-state index is 10.5. The molecule has 0 radical (unpaired) electrons. The molecule has 2 rings (SSSR count). The molecule has 0 spiro atoms. The minimum absolute atomic E-state index is 0.0974. The number of allylic oxidation sites excluding steroid dienone is 2. The number of rotatable bonds is 1. The van der Waals surface area contributed by atoms with Crippen LogP contribution in [0.3, 0.4) is 0 Å². The largest absolute Gasteiger partial charge is 0.368 e. The van der Waals surface area contributed by atoms with Crippen LogP contribution in [0, 0.1) is 0 Å². The summed E-state index contributed by atoms with van der Waals surface area (Å²) in [6, 6.07) is 0. The molecule has 2 N–H and O–H groups in total. The molecule has 0 fully saturated rings. The fourth-order valence-corrected chi connectivity index (χ4v) is 1.26. The zero-order valence-corrected chi connectivity index (χ0v) is 5.87. The summed E-state index contributed by atoms with van der Waals surface area (Å²) in [5.74, 6) is 0. The first-order valence-electron chi connectivity index (χ1n) is 3.46. The van der Waals surface area contributed by atoms with Crippen LogP contribution in [0.1, 0.15) is 0 Å². The molecule has 0 bridgehead atoms. The highest BCUT2D eigenvalue weighted by Crippen LogP contribution is 2.16. The van der Waals surface area contributed by atoms with Crippen molar-refractivity contribution in [1.29, 1.82) is 0 Å². The minimum Gasteiger partial charge on any atom is -0.368 e. The van der Waals surface area contributed by atoms with E-state index in [1.54, 1.807) is 12.3 Å². The molecule has 2 aliphatic heterocycles. The maximum Gasteiger partial charge on any atom is 0.150 e. The number of dihydropyridines is 1. The smallest absolute Gasteiger partial charge is 0.150 e. The van der Waals surface area contributed by atoms with E-state index in [2.05, 4.69) is 10.6 Å². The Balaban J connectivity index is 2.43. The third-order valence-electron chi connectivity index (χ3n) is 1.82. The van der Waals surface area contributed by atoms with Crippen molar-refractivity contribution >= 4 is 6.29 Å². The van der Waals surface area contributed by atoms with E-state index < -0.39 is 0 Å². The van der Waals surface area contributed by atoms with Crippen LogP contribution in [0.2, 0.25) is 0 Å². The lowest BCUT2D eigenvalue weighted by atomic mass is 10.1. The monoisotopic (exact) mass is 148 g/mol. The molecule has 2 aliphatic rings. The van der Waals surface area contributed by atoms with Gasteiger partial charge in [0.25, 0.3) is 0 Å². The zero-order chi connectivity index (χ0) is 7.68. The summed E-state index contributed by atoms with van der Waals surface area (Å²) in [6.45, 7) is 0. The highest BCUT2D eigenvalue weighted by molar-refractivity contribution is 5.81. The SMILES string of the molecule is O=CC1=C2C=CNC2NC=C1. The van der Waals surface area contributed by atoms with Crippen LogP contribution in [0.25, 0.3) is 0 Å². The van der Waals surface area contributed by atoms with Gasteiger partial charge in [-0.1, -0.05) is 0 Å². The van der Waals surface area contributed by atoms with Gasteiger partial charge >= 0.3 is 0 Å². The first-order chi connectivity index (χ1) is 5.42. The summed E-state index contributed by atoms with van der Waals surface area (Å²) in [4.78, 5) is 10.5. The molecule has 0 aromatic rings. The van der Waals surface area contributed by atoms with Gasteiger partial charge in [-0.25, -0.2) is 0 Å². The lowest BCUT2D eigenvalue weighted by Crippen LogP contribution is -2.36. The van der Waals surface area contributed by atoms with Crippen molar-refractivity contribution in [3.63, 3.8) is 0 Å². The number of carbonyl (C=O) groups excluding carboxylic acids is 1. The summed E-state index contributed by atoms with van der Waals surface area (Å²) in [6.07, 6.45) is 8.26. The molecule has 3 nitrogen and oxygen atoms in total. The molecule has 0 aromatic heterocycles. The highest BCUT2D eigenvalue weighted by Gasteiger charge is 2.19. The Morgan fingerprint density at radius 3 is 2.73 bits per heavy atom. The average molecular weight is 148 g/mol. The summed E-state index contributed by atoms with van der Waals surface area (Å²) >= 11 is 0. The first kappa shape index (κ1) is 6.22. The van der Waals surface area contributed by atoms with Crippen LogP contribution in [0.5, 0.6) is 0 Å². The molecule has 3 heteroatoms. The number of hydrogen-bond acceptors (Lipinski definition) is 3. The summed E-state index contributed by atoms with van der Waals surface area (Å²) in [5.41, 5.74) is 1.76. The number of fused-ring (bicyclic) bond motifs is 1. The van der Waals surface area contributed by atoms with E-state index in [4.69, 9.17) is 0 Å². The van der Waals surface area contributed by atoms with E-state index in [9.17, 15) is 4.79 Å². The molecule has 0 saturated carbocycles. The van der Waals surface area contributed by atoms with E-state index in [-0.39, 0.29) is 6.17 Å². The fraction of sp³-hybridized carbons (Fsp3) is 0.125. The number of hydrogen-bond donors (Lipinski definition) is 2. The Morgan fingerprint density at radius 2 is 2.00 bits per heavy atom. The van der Waals surface area contributed by atoms with Gasteiger partial charge in [0.15, 0.2) is 6.29 Å². The quantitative estimate of drug-likeness (QED) is 0.516. The molecule has 0 amide bonds. The van der Waals surface area contributed by atoms with E-state index in [0.717, 1.165) is 17.4 Å². The second-order valence-corrected chi connectivity index (χ2v) is 2.46. The molecular formula is C8H8N2O. The fourth-order valence-electron chi connectivity index (χ4n) is 1.26. The Morgan fingerprint density at radius 1 is 1.27 bits per heavy atom. The molecule has 0 aliphatic carbocycles. The molecule has 11 heavy (non-hydrogen) atoms. The molecular weight excluding hydrogens is 140 g/mol. The van der Waals surface area contributed by atoms with Gasteiger partial charge < -0.3 is 10.6 Å². The number of carbonyl (C=O) groups is 1. The van der Waals surface area contributed by atoms with Crippen molar-refractivity contribution in [2.75, 3.05) is 0 Å². The van der Waals surface area contributed by atoms with Gasteiger partial charge in [0.05, 0.1) is 0 Å². The normalized spacial score (nSPS) is 26.0. The van der Waals surface area contributed by atoms with Crippen molar-refractivity contribution in [2.24, 2.45) is 0 Å². The van der Waals surface area contributed by atoms with E-state index in [1.807, 2.05) is 12.3 Å². The predicted octanol–water partition coefficient (Wildman–Crippen LogP) is 0.0418. The molecule has 1 unspecified atom stereocenters. The van der Waals surface area contributed by atoms with E-state index in [1.165, 1.54) is 0 Å². The molecule has 2 heterocycles. The Bertz CT molecular complexity index is 276. The topological polar surface area (TPSA) is 41.1 Å². The third kappa shape index (κ3) is 0.852. The Labute approximate surface area is 64.5 Å². The van der Waals surface area contributed by atoms with Gasteiger partial charge in [0.1, 0.15) is 6.17 Å². The standard InChI is InChI=1S/C8H8N2O/c11-5-6-1-3-9-8-7(6)2-4-10-8/h1-5,8-10H. The highest BCUT2D eigenvalue weighted by atomic mass is 16.1. The third-order valence-corrected chi connectivity index (χ3v) is 1.82. The predicted molar refractivity (Wildman–Crippen MR) is 41.4 cm³/mol. The average Bonchev–Trinajstić information content (AvgIpc) is 2.50. The van der Waals surface area contributed by atoms with Crippen LogP contribution < -0.4 is 10.6 Å². The van der Waals surface area contributed by atoms with E-state index >= 15 is 0 Å². The van der Waals surface area contributed by atoms with Crippen LogP contribution in [-0.4, -0.2) is 12.5 Å². The zero-order valence-electron chi connectivity index (χ0n) is 5.87. The van der Waals surface area contributed by atoms with Crippen LogP contribution >= 0.6 is 0 Å². The summed E-state index contributed by atoms with van der Waals surface area (Å²) in [7, 11) is 0. The Hall–Kier alpha value is -1.51. The first-order valence-corrected chi connectivity index (χ1v) is 3.46.